The van der Waals surface area contributed by atoms with Gasteiger partial charge in [0.15, 0.2) is 0 Å². The van der Waals surface area contributed by atoms with Crippen LogP contribution < -0.4 is 10.6 Å². The van der Waals surface area contributed by atoms with Crippen molar-refractivity contribution in [3.63, 3.8) is 0 Å². The number of aromatic nitrogens is 2. The van der Waals surface area contributed by atoms with E-state index < -0.39 is 0 Å². The van der Waals surface area contributed by atoms with Crippen molar-refractivity contribution in [3.8, 4) is 0 Å². The number of anilines is 2. The van der Waals surface area contributed by atoms with E-state index in [-0.39, 0.29) is 0 Å². The van der Waals surface area contributed by atoms with Gasteiger partial charge in [-0.3, -0.25) is 0 Å². The van der Waals surface area contributed by atoms with Crippen LogP contribution in [0.5, 0.6) is 0 Å². The summed E-state index contributed by atoms with van der Waals surface area (Å²) in [6.07, 6.45) is 2.54. The molecular weight excluding hydrogens is 232 g/mol. The van der Waals surface area contributed by atoms with Gasteiger partial charge in [-0.05, 0) is 32.4 Å². The first-order valence-corrected chi connectivity index (χ1v) is 7.37. The van der Waals surface area contributed by atoms with E-state index >= 15 is 0 Å². The molecule has 0 aliphatic carbocycles. The third kappa shape index (κ3) is 3.77. The lowest BCUT2D eigenvalue weighted by atomic mass is 10.2. The maximum atomic E-state index is 4.47. The average Bonchev–Trinajstić information content (AvgIpc) is 2.30. The lowest BCUT2D eigenvalue weighted by Crippen LogP contribution is -2.26. The van der Waals surface area contributed by atoms with Crippen LogP contribution in [0.2, 0.25) is 0 Å². The molecule has 2 heterocycles. The van der Waals surface area contributed by atoms with Crippen molar-refractivity contribution in [2.24, 2.45) is 0 Å². The minimum absolute atomic E-state index is 0.553. The van der Waals surface area contributed by atoms with Crippen molar-refractivity contribution < 1.29 is 0 Å². The molecule has 2 rings (SSSR count). The predicted molar refractivity (Wildman–Crippen MR) is 74.9 cm³/mol. The van der Waals surface area contributed by atoms with Gasteiger partial charge < -0.3 is 10.6 Å². The summed E-state index contributed by atoms with van der Waals surface area (Å²) in [4.78, 5) is 8.82. The summed E-state index contributed by atoms with van der Waals surface area (Å²) < 4.78 is 0. The molecular formula is C12H20N4S. The Labute approximate surface area is 107 Å². The van der Waals surface area contributed by atoms with Crippen LogP contribution >= 0.6 is 11.8 Å². The van der Waals surface area contributed by atoms with Crippen LogP contribution in [0.3, 0.4) is 0 Å². The van der Waals surface area contributed by atoms with E-state index in [2.05, 4.69) is 27.5 Å². The van der Waals surface area contributed by atoms with Crippen LogP contribution in [-0.2, 0) is 0 Å². The molecule has 1 unspecified atom stereocenters. The van der Waals surface area contributed by atoms with Crippen LogP contribution in [0.15, 0.2) is 6.07 Å². The molecule has 4 nitrogen and oxygen atoms in total. The lowest BCUT2D eigenvalue weighted by Gasteiger charge is -2.23. The Kier molecular flexibility index (Phi) is 4.48. The van der Waals surface area contributed by atoms with E-state index in [1.165, 1.54) is 24.3 Å². The SMILES string of the molecule is CCNc1nc(C)cc(NC2CCCSC2)n1. The fourth-order valence-corrected chi connectivity index (χ4v) is 3.02. The molecule has 0 saturated carbocycles. The number of aryl methyl sites for hydroxylation is 1. The highest BCUT2D eigenvalue weighted by atomic mass is 32.2. The first kappa shape index (κ1) is 12.5. The van der Waals surface area contributed by atoms with Crippen LogP contribution in [0, 0.1) is 6.92 Å². The molecule has 2 N–H and O–H groups in total. The first-order chi connectivity index (χ1) is 8.28. The van der Waals surface area contributed by atoms with Gasteiger partial charge in [-0.1, -0.05) is 0 Å². The van der Waals surface area contributed by atoms with E-state index in [0.717, 1.165) is 24.0 Å². The molecule has 94 valence electrons. The molecule has 1 atom stereocenters. The summed E-state index contributed by atoms with van der Waals surface area (Å²) in [5.74, 6) is 4.14. The molecule has 17 heavy (non-hydrogen) atoms. The van der Waals surface area contributed by atoms with Crippen LogP contribution in [-0.4, -0.2) is 34.1 Å². The number of hydrogen-bond acceptors (Lipinski definition) is 5. The number of nitrogens with one attached hydrogen (secondary N) is 2. The fraction of sp³-hybridized carbons (Fsp3) is 0.667. The maximum absolute atomic E-state index is 4.47. The molecule has 0 amide bonds. The second-order valence-electron chi connectivity index (χ2n) is 4.31. The highest BCUT2D eigenvalue weighted by Gasteiger charge is 2.14. The molecule has 1 aromatic heterocycles. The largest absolute Gasteiger partial charge is 0.366 e. The van der Waals surface area contributed by atoms with Gasteiger partial charge in [-0.15, -0.1) is 0 Å². The summed E-state index contributed by atoms with van der Waals surface area (Å²) in [5, 5.41) is 6.67. The molecule has 1 aliphatic heterocycles. The molecule has 1 aromatic rings. The van der Waals surface area contributed by atoms with Crippen molar-refractivity contribution in [1.82, 2.24) is 9.97 Å². The molecule has 0 aromatic carbocycles. The maximum Gasteiger partial charge on any atom is 0.224 e. The standard InChI is InChI=1S/C12H20N4S/c1-3-13-12-14-9(2)7-11(16-12)15-10-5-4-6-17-8-10/h7,10H,3-6,8H2,1-2H3,(H2,13,14,15,16). The van der Waals surface area contributed by atoms with Crippen molar-refractivity contribution in [1.29, 1.82) is 0 Å². The summed E-state index contributed by atoms with van der Waals surface area (Å²) in [5.41, 5.74) is 1.00. The van der Waals surface area contributed by atoms with Crippen molar-refractivity contribution in [3.05, 3.63) is 11.8 Å². The van der Waals surface area contributed by atoms with E-state index in [4.69, 9.17) is 0 Å². The Balaban J connectivity index is 2.03. The Morgan fingerprint density at radius 3 is 3.06 bits per heavy atom. The highest BCUT2D eigenvalue weighted by molar-refractivity contribution is 7.99. The number of thioether (sulfide) groups is 1. The zero-order valence-corrected chi connectivity index (χ0v) is 11.3. The first-order valence-electron chi connectivity index (χ1n) is 6.21. The number of rotatable bonds is 4. The monoisotopic (exact) mass is 252 g/mol. The van der Waals surface area contributed by atoms with Crippen molar-refractivity contribution in [2.75, 3.05) is 28.7 Å². The molecule has 1 saturated heterocycles. The fourth-order valence-electron chi connectivity index (χ4n) is 1.94. The van der Waals surface area contributed by atoms with E-state index in [1.807, 2.05) is 24.8 Å². The smallest absolute Gasteiger partial charge is 0.224 e. The zero-order chi connectivity index (χ0) is 12.1. The number of hydrogen-bond donors (Lipinski definition) is 2. The van der Waals surface area contributed by atoms with Gasteiger partial charge >= 0.3 is 0 Å². The summed E-state index contributed by atoms with van der Waals surface area (Å²) >= 11 is 2.02. The van der Waals surface area contributed by atoms with Gasteiger partial charge in [-0.25, -0.2) is 4.98 Å². The highest BCUT2D eigenvalue weighted by Crippen LogP contribution is 2.20. The summed E-state index contributed by atoms with van der Waals surface area (Å²) in [6.45, 7) is 4.90. The second kappa shape index (κ2) is 6.10. The van der Waals surface area contributed by atoms with E-state index in [1.54, 1.807) is 0 Å². The zero-order valence-electron chi connectivity index (χ0n) is 10.5. The third-order valence-corrected chi connectivity index (χ3v) is 3.92. The molecule has 0 radical (unpaired) electrons. The number of nitrogens with zero attached hydrogens (tertiary/aromatic N) is 2. The molecule has 0 bridgehead atoms. The Morgan fingerprint density at radius 1 is 1.47 bits per heavy atom. The normalized spacial score (nSPS) is 20.0. The molecule has 1 fully saturated rings. The third-order valence-electron chi connectivity index (χ3n) is 2.70. The van der Waals surface area contributed by atoms with Crippen LogP contribution in [0.25, 0.3) is 0 Å². The minimum atomic E-state index is 0.553. The van der Waals surface area contributed by atoms with Gasteiger partial charge in [0.2, 0.25) is 5.95 Å². The van der Waals surface area contributed by atoms with Crippen LogP contribution in [0.4, 0.5) is 11.8 Å². The van der Waals surface area contributed by atoms with Crippen molar-refractivity contribution in [2.45, 2.75) is 32.7 Å². The average molecular weight is 252 g/mol. The molecule has 0 spiro atoms. The Morgan fingerprint density at radius 2 is 2.35 bits per heavy atom. The van der Waals surface area contributed by atoms with E-state index in [0.29, 0.717) is 6.04 Å². The Hall–Kier alpha value is -0.970. The van der Waals surface area contributed by atoms with Gasteiger partial charge in [-0.2, -0.15) is 16.7 Å². The topological polar surface area (TPSA) is 49.8 Å². The van der Waals surface area contributed by atoms with Gasteiger partial charge in [0.25, 0.3) is 0 Å². The van der Waals surface area contributed by atoms with Gasteiger partial charge in [0.1, 0.15) is 5.82 Å². The second-order valence-corrected chi connectivity index (χ2v) is 5.46. The minimum Gasteiger partial charge on any atom is -0.366 e. The summed E-state index contributed by atoms with van der Waals surface area (Å²) in [7, 11) is 0. The molecule has 5 heteroatoms. The predicted octanol–water partition coefficient (Wildman–Crippen LogP) is 2.52. The Bertz CT molecular complexity index is 364. The van der Waals surface area contributed by atoms with Crippen LogP contribution in [0.1, 0.15) is 25.5 Å². The van der Waals surface area contributed by atoms with Crippen molar-refractivity contribution >= 4 is 23.5 Å². The van der Waals surface area contributed by atoms with E-state index in [9.17, 15) is 0 Å². The molecule has 1 aliphatic rings. The van der Waals surface area contributed by atoms with Gasteiger partial charge in [0, 0.05) is 30.1 Å². The lowest BCUT2D eigenvalue weighted by molar-refractivity contribution is 0.682. The summed E-state index contributed by atoms with van der Waals surface area (Å²) in [6, 6.07) is 2.57. The van der Waals surface area contributed by atoms with Gasteiger partial charge in [0.05, 0.1) is 0 Å². The quantitative estimate of drug-likeness (QED) is 0.862.